The van der Waals surface area contributed by atoms with Gasteiger partial charge in [0.1, 0.15) is 17.3 Å². The quantitative estimate of drug-likeness (QED) is 0.803. The Labute approximate surface area is 124 Å². The number of nitrogens with zero attached hydrogens (tertiary/aromatic N) is 4. The van der Waals surface area contributed by atoms with Crippen LogP contribution in [-0.2, 0) is 10.8 Å². The third kappa shape index (κ3) is 2.72. The van der Waals surface area contributed by atoms with Crippen LogP contribution in [0, 0.1) is 11.3 Å². The van der Waals surface area contributed by atoms with E-state index < -0.39 is 10.8 Å². The fourth-order valence-corrected chi connectivity index (χ4v) is 2.73. The molecule has 2 rings (SSSR count). The summed E-state index contributed by atoms with van der Waals surface area (Å²) in [5.41, 5.74) is 0.154. The predicted octanol–water partition coefficient (Wildman–Crippen LogP) is 1.76. The summed E-state index contributed by atoms with van der Waals surface area (Å²) < 4.78 is 13.1. The average Bonchev–Trinajstić information content (AvgIpc) is 2.49. The van der Waals surface area contributed by atoms with E-state index in [2.05, 4.69) is 9.97 Å². The van der Waals surface area contributed by atoms with Gasteiger partial charge in [0, 0.05) is 23.9 Å². The third-order valence-electron chi connectivity index (χ3n) is 3.44. The largest absolute Gasteiger partial charge is 0.288 e. The van der Waals surface area contributed by atoms with Gasteiger partial charge in [-0.3, -0.25) is 13.6 Å². The molecule has 0 spiro atoms. The Hall–Kier alpha value is -2.07. The maximum absolute atomic E-state index is 12.5. The summed E-state index contributed by atoms with van der Waals surface area (Å²) in [6.07, 6.45) is 4.49. The maximum atomic E-state index is 12.5. The fraction of sp³-hybridized carbons (Fsp3) is 0.429. The molecule has 0 aromatic carbocycles. The van der Waals surface area contributed by atoms with Gasteiger partial charge in [-0.05, 0) is 18.9 Å². The molecule has 0 amide bonds. The maximum Gasteiger partial charge on any atom is 0.270 e. The summed E-state index contributed by atoms with van der Waals surface area (Å²) in [7, 11) is -1.33. The van der Waals surface area contributed by atoms with Crippen LogP contribution in [-0.4, -0.2) is 25.0 Å². The van der Waals surface area contributed by atoms with E-state index in [4.69, 9.17) is 5.26 Å². The van der Waals surface area contributed by atoms with Gasteiger partial charge < -0.3 is 0 Å². The number of pyridine rings is 1. The zero-order chi connectivity index (χ0) is 15.6. The zero-order valence-corrected chi connectivity index (χ0v) is 13.0. The molecule has 0 N–H and O–H groups in total. The molecule has 0 fully saturated rings. The molecule has 0 bridgehead atoms. The van der Waals surface area contributed by atoms with Crippen molar-refractivity contribution in [2.75, 3.05) is 6.26 Å². The number of fused-ring (bicyclic) bond motifs is 1. The van der Waals surface area contributed by atoms with Crippen molar-refractivity contribution in [3.05, 3.63) is 28.2 Å². The zero-order valence-electron chi connectivity index (χ0n) is 12.2. The molecule has 0 radical (unpaired) electrons. The Morgan fingerprint density at radius 1 is 1.43 bits per heavy atom. The van der Waals surface area contributed by atoms with Crippen molar-refractivity contribution in [3.63, 3.8) is 0 Å². The van der Waals surface area contributed by atoms with Crippen LogP contribution in [0.3, 0.4) is 0 Å². The molecule has 1 unspecified atom stereocenters. The highest BCUT2D eigenvalue weighted by Crippen LogP contribution is 2.20. The van der Waals surface area contributed by atoms with Crippen molar-refractivity contribution in [1.29, 1.82) is 5.26 Å². The van der Waals surface area contributed by atoms with Crippen molar-refractivity contribution < 1.29 is 4.21 Å². The molecule has 0 saturated heterocycles. The molecule has 2 aromatic heterocycles. The molecule has 2 aromatic rings. The van der Waals surface area contributed by atoms with E-state index in [0.29, 0.717) is 11.0 Å². The van der Waals surface area contributed by atoms with E-state index in [9.17, 15) is 9.00 Å². The topological polar surface area (TPSA) is 88.6 Å². The van der Waals surface area contributed by atoms with Crippen LogP contribution in [0.1, 0.15) is 38.3 Å². The van der Waals surface area contributed by atoms with Crippen LogP contribution < -0.4 is 5.56 Å². The molecule has 0 aliphatic carbocycles. The Balaban J connectivity index is 2.91. The second-order valence-electron chi connectivity index (χ2n) is 4.70. The summed E-state index contributed by atoms with van der Waals surface area (Å²) in [4.78, 5) is 20.8. The summed E-state index contributed by atoms with van der Waals surface area (Å²) in [6.45, 7) is 3.96. The molecule has 2 heterocycles. The average molecular weight is 304 g/mol. The fourth-order valence-electron chi connectivity index (χ4n) is 2.32. The lowest BCUT2D eigenvalue weighted by atomic mass is 10.1. The molecule has 110 valence electrons. The minimum absolute atomic E-state index is 0.0543. The van der Waals surface area contributed by atoms with E-state index in [1.807, 2.05) is 19.9 Å². The van der Waals surface area contributed by atoms with Gasteiger partial charge in [0.15, 0.2) is 0 Å². The van der Waals surface area contributed by atoms with E-state index in [-0.39, 0.29) is 22.3 Å². The highest BCUT2D eigenvalue weighted by molar-refractivity contribution is 7.84. The van der Waals surface area contributed by atoms with Crippen molar-refractivity contribution >= 4 is 21.8 Å². The molecule has 0 saturated carbocycles. The first-order valence-corrected chi connectivity index (χ1v) is 8.25. The van der Waals surface area contributed by atoms with Crippen molar-refractivity contribution in [2.24, 2.45) is 0 Å². The van der Waals surface area contributed by atoms with Gasteiger partial charge in [0.25, 0.3) is 5.56 Å². The summed E-state index contributed by atoms with van der Waals surface area (Å²) in [6, 6.07) is 3.35. The minimum Gasteiger partial charge on any atom is -0.288 e. The summed E-state index contributed by atoms with van der Waals surface area (Å²) in [5.74, 6) is 0. The van der Waals surface area contributed by atoms with Crippen LogP contribution in [0.2, 0.25) is 0 Å². The normalized spacial score (nSPS) is 12.5. The molecular weight excluding hydrogens is 288 g/mol. The summed E-state index contributed by atoms with van der Waals surface area (Å²) in [5, 5.41) is 9.91. The predicted molar refractivity (Wildman–Crippen MR) is 80.5 cm³/mol. The van der Waals surface area contributed by atoms with E-state index in [0.717, 1.165) is 12.8 Å². The molecule has 6 nitrogen and oxygen atoms in total. The third-order valence-corrected chi connectivity index (χ3v) is 4.15. The minimum atomic E-state index is -1.33. The molecular formula is C14H16N4O2S. The Kier molecular flexibility index (Phi) is 4.48. The Morgan fingerprint density at radius 3 is 2.62 bits per heavy atom. The van der Waals surface area contributed by atoms with E-state index in [1.165, 1.54) is 23.1 Å². The van der Waals surface area contributed by atoms with E-state index >= 15 is 0 Å². The van der Waals surface area contributed by atoms with Gasteiger partial charge in [0.05, 0.1) is 10.8 Å². The Bertz CT molecular complexity index is 803. The monoisotopic (exact) mass is 304 g/mol. The van der Waals surface area contributed by atoms with E-state index in [1.54, 1.807) is 0 Å². The first-order chi connectivity index (χ1) is 10.0. The highest BCUT2D eigenvalue weighted by Gasteiger charge is 2.17. The second kappa shape index (κ2) is 6.14. The second-order valence-corrected chi connectivity index (χ2v) is 5.97. The summed E-state index contributed by atoms with van der Waals surface area (Å²) >= 11 is 0. The first-order valence-electron chi connectivity index (χ1n) is 6.69. The first kappa shape index (κ1) is 15.3. The number of hydrogen-bond donors (Lipinski definition) is 0. The smallest absolute Gasteiger partial charge is 0.270 e. The lowest BCUT2D eigenvalue weighted by Gasteiger charge is -2.18. The molecule has 0 aliphatic heterocycles. The van der Waals surface area contributed by atoms with Gasteiger partial charge >= 0.3 is 0 Å². The molecule has 0 aliphatic rings. The van der Waals surface area contributed by atoms with Crippen LogP contribution in [0.15, 0.2) is 22.2 Å². The van der Waals surface area contributed by atoms with Crippen LogP contribution in [0.5, 0.6) is 0 Å². The number of rotatable bonds is 4. The van der Waals surface area contributed by atoms with Gasteiger partial charge in [-0.1, -0.05) is 13.8 Å². The molecule has 7 heteroatoms. The van der Waals surface area contributed by atoms with Crippen LogP contribution in [0.4, 0.5) is 0 Å². The highest BCUT2D eigenvalue weighted by atomic mass is 32.2. The van der Waals surface area contributed by atoms with Crippen molar-refractivity contribution in [3.8, 4) is 6.07 Å². The van der Waals surface area contributed by atoms with Gasteiger partial charge in [-0.2, -0.15) is 5.26 Å². The van der Waals surface area contributed by atoms with Crippen LogP contribution in [0.25, 0.3) is 11.0 Å². The van der Waals surface area contributed by atoms with Crippen molar-refractivity contribution in [2.45, 2.75) is 37.9 Å². The molecule has 21 heavy (non-hydrogen) atoms. The standard InChI is InChI=1S/C14H16N4O2S/c1-4-11(5-2)18-12-10(6-9(7-15)13(18)19)8-16-14(17-12)21(3)20/h6,8,11H,4-5H2,1-3H3. The number of hydrogen-bond acceptors (Lipinski definition) is 5. The lowest BCUT2D eigenvalue weighted by Crippen LogP contribution is -2.27. The van der Waals surface area contributed by atoms with Gasteiger partial charge in [-0.15, -0.1) is 0 Å². The Morgan fingerprint density at radius 2 is 2.10 bits per heavy atom. The SMILES string of the molecule is CCC(CC)n1c(=O)c(C#N)cc2cnc(S(C)=O)nc21. The number of aromatic nitrogens is 3. The van der Waals surface area contributed by atoms with Crippen LogP contribution >= 0.6 is 0 Å². The lowest BCUT2D eigenvalue weighted by molar-refractivity contribution is 0.468. The van der Waals surface area contributed by atoms with Gasteiger partial charge in [-0.25, -0.2) is 9.97 Å². The molecule has 1 atom stereocenters. The number of nitriles is 1. The van der Waals surface area contributed by atoms with Crippen molar-refractivity contribution in [1.82, 2.24) is 14.5 Å². The van der Waals surface area contributed by atoms with Gasteiger partial charge in [0.2, 0.25) is 5.16 Å².